The lowest BCUT2D eigenvalue weighted by Gasteiger charge is -2.16. The Labute approximate surface area is 77.7 Å². The minimum absolute atomic E-state index is 0.00790. The molecule has 80 valence electrons. The highest BCUT2D eigenvalue weighted by Gasteiger charge is 2.24. The summed E-state index contributed by atoms with van der Waals surface area (Å²) < 4.78 is 36.1. The van der Waals surface area contributed by atoms with Gasteiger partial charge in [-0.3, -0.25) is 15.2 Å². The van der Waals surface area contributed by atoms with Crippen molar-refractivity contribution in [2.45, 2.75) is 12.6 Å². The summed E-state index contributed by atoms with van der Waals surface area (Å²) in [6, 6.07) is 0. The Hall–Kier alpha value is -1.44. The first-order chi connectivity index (χ1) is 6.50. The first-order valence-corrected chi connectivity index (χ1v) is 3.73. The highest BCUT2D eigenvalue weighted by molar-refractivity contribution is 5.91. The van der Waals surface area contributed by atoms with Crippen LogP contribution in [0.3, 0.4) is 0 Å². The van der Waals surface area contributed by atoms with Crippen LogP contribution in [0.4, 0.5) is 13.2 Å². The van der Waals surface area contributed by atoms with E-state index in [1.165, 1.54) is 0 Å². The van der Waals surface area contributed by atoms with Crippen molar-refractivity contribution in [3.63, 3.8) is 0 Å². The maximum absolute atomic E-state index is 12.5. The third-order valence-electron chi connectivity index (χ3n) is 1.53. The summed E-state index contributed by atoms with van der Waals surface area (Å²) >= 11 is 0. The van der Waals surface area contributed by atoms with Crippen molar-refractivity contribution in [3.8, 4) is 0 Å². The number of hydrazine groups is 2. The molecule has 4 N–H and O–H groups in total. The van der Waals surface area contributed by atoms with Crippen LogP contribution >= 0.6 is 0 Å². The van der Waals surface area contributed by atoms with Crippen molar-refractivity contribution >= 4 is 5.91 Å². The minimum atomic E-state index is -3.05. The largest absolute Gasteiger partial charge is 0.364 e. The fraction of sp³-hybridized carbons (Fsp3) is 0.500. The predicted molar refractivity (Wildman–Crippen MR) is 41.2 cm³/mol. The highest BCUT2D eigenvalue weighted by Crippen LogP contribution is 2.08. The summed E-state index contributed by atoms with van der Waals surface area (Å²) in [6.07, 6.45) is -4.22. The van der Waals surface area contributed by atoms with Gasteiger partial charge in [0.05, 0.1) is 6.54 Å². The molecule has 0 saturated carbocycles. The van der Waals surface area contributed by atoms with Gasteiger partial charge in [0, 0.05) is 6.20 Å². The Morgan fingerprint density at radius 1 is 1.57 bits per heavy atom. The van der Waals surface area contributed by atoms with E-state index in [2.05, 4.69) is 11.0 Å². The second-order valence-corrected chi connectivity index (χ2v) is 2.65. The molecule has 1 amide bonds. The first-order valence-electron chi connectivity index (χ1n) is 3.73. The third kappa shape index (κ3) is 2.52. The molecule has 0 spiro atoms. The van der Waals surface area contributed by atoms with Crippen LogP contribution in [0.25, 0.3) is 0 Å². The average molecular weight is 210 g/mol. The Bertz CT molecular complexity index is 257. The van der Waals surface area contributed by atoms with Crippen LogP contribution in [0.2, 0.25) is 0 Å². The Morgan fingerprint density at radius 2 is 2.21 bits per heavy atom. The molecular formula is C6H9F3N4O. The van der Waals surface area contributed by atoms with E-state index in [-0.39, 0.29) is 5.70 Å². The minimum Gasteiger partial charge on any atom is -0.364 e. The predicted octanol–water partition coefficient (Wildman–Crippen LogP) is -0.759. The Morgan fingerprint density at radius 3 is 2.64 bits per heavy atom. The second-order valence-electron chi connectivity index (χ2n) is 2.65. The summed E-state index contributed by atoms with van der Waals surface area (Å²) in [7, 11) is 0. The first kappa shape index (κ1) is 10.6. The van der Waals surface area contributed by atoms with Crippen LogP contribution in [0.1, 0.15) is 0 Å². The van der Waals surface area contributed by atoms with Crippen LogP contribution < -0.4 is 16.7 Å². The van der Waals surface area contributed by atoms with E-state index in [9.17, 15) is 18.0 Å². The van der Waals surface area contributed by atoms with E-state index < -0.39 is 25.0 Å². The van der Waals surface area contributed by atoms with Crippen molar-refractivity contribution in [1.82, 2.24) is 16.0 Å². The summed E-state index contributed by atoms with van der Waals surface area (Å²) in [5, 5.41) is 0.983. The van der Waals surface area contributed by atoms with Gasteiger partial charge in [-0.25, -0.2) is 13.2 Å². The zero-order valence-electron chi connectivity index (χ0n) is 7.01. The summed E-state index contributed by atoms with van der Waals surface area (Å²) in [6.45, 7) is -0.568. The lowest BCUT2D eigenvalue weighted by atomic mass is 10.4. The quantitative estimate of drug-likeness (QED) is 0.570. The second kappa shape index (κ2) is 4.18. The molecule has 5 nitrogen and oxygen atoms in total. The maximum Gasteiger partial charge on any atom is 0.271 e. The molecule has 0 radical (unpaired) electrons. The smallest absolute Gasteiger partial charge is 0.271 e. The number of halogens is 3. The van der Waals surface area contributed by atoms with Gasteiger partial charge in [-0.1, -0.05) is 0 Å². The van der Waals surface area contributed by atoms with E-state index in [1.54, 1.807) is 0 Å². The average Bonchev–Trinajstić information content (AvgIpc) is 2.52. The number of amides is 1. The molecule has 1 aliphatic rings. The lowest BCUT2D eigenvalue weighted by Crippen LogP contribution is -2.42. The molecule has 0 bridgehead atoms. The highest BCUT2D eigenvalue weighted by atomic mass is 19.3. The third-order valence-corrected chi connectivity index (χ3v) is 1.53. The van der Waals surface area contributed by atoms with E-state index in [0.29, 0.717) is 0 Å². The van der Waals surface area contributed by atoms with Gasteiger partial charge in [-0.05, 0) is 0 Å². The molecule has 14 heavy (non-hydrogen) atoms. The van der Waals surface area contributed by atoms with Crippen LogP contribution in [-0.2, 0) is 4.79 Å². The van der Waals surface area contributed by atoms with Gasteiger partial charge < -0.3 is 5.73 Å². The van der Waals surface area contributed by atoms with Gasteiger partial charge in [0.2, 0.25) is 0 Å². The Balaban J connectivity index is 2.46. The summed E-state index contributed by atoms with van der Waals surface area (Å²) in [4.78, 5) is 10.5. The van der Waals surface area contributed by atoms with Crippen molar-refractivity contribution in [1.29, 1.82) is 0 Å². The van der Waals surface area contributed by atoms with Gasteiger partial charge in [-0.2, -0.15) is 0 Å². The zero-order valence-corrected chi connectivity index (χ0v) is 7.01. The molecule has 0 aromatic heterocycles. The van der Waals surface area contributed by atoms with Crippen LogP contribution in [-0.4, -0.2) is 30.1 Å². The van der Waals surface area contributed by atoms with E-state index in [1.807, 2.05) is 0 Å². The molecule has 1 rings (SSSR count). The molecule has 0 aromatic carbocycles. The number of hydrogen-bond acceptors (Lipinski definition) is 4. The molecule has 0 fully saturated rings. The number of nitrogens with zero attached hydrogens (tertiary/aromatic N) is 1. The molecule has 0 saturated heterocycles. The number of carbonyl (C=O) groups excluding carboxylic acids is 1. The zero-order chi connectivity index (χ0) is 10.7. The molecule has 1 atom stereocenters. The fourth-order valence-electron chi connectivity index (χ4n) is 0.844. The molecule has 1 aliphatic heterocycles. The molecular weight excluding hydrogens is 201 g/mol. The van der Waals surface area contributed by atoms with E-state index in [0.717, 1.165) is 11.2 Å². The topological polar surface area (TPSA) is 70.4 Å². The summed E-state index contributed by atoms with van der Waals surface area (Å²) in [5.41, 5.74) is 9.46. The summed E-state index contributed by atoms with van der Waals surface area (Å²) in [5.74, 6) is -0.757. The monoisotopic (exact) mass is 210 g/mol. The lowest BCUT2D eigenvalue weighted by molar-refractivity contribution is -0.114. The molecule has 1 unspecified atom stereocenters. The fourth-order valence-corrected chi connectivity index (χ4v) is 0.844. The number of hydrogen-bond donors (Lipinski definition) is 3. The van der Waals surface area contributed by atoms with Gasteiger partial charge in [0.1, 0.15) is 5.70 Å². The van der Waals surface area contributed by atoms with Crippen molar-refractivity contribution in [2.75, 3.05) is 6.54 Å². The number of primary amides is 1. The van der Waals surface area contributed by atoms with Crippen molar-refractivity contribution in [3.05, 3.63) is 11.9 Å². The van der Waals surface area contributed by atoms with Gasteiger partial charge >= 0.3 is 0 Å². The normalized spacial score (nSPS) is 18.0. The number of rotatable bonds is 4. The van der Waals surface area contributed by atoms with Gasteiger partial charge in [-0.15, -0.1) is 5.53 Å². The SMILES string of the molecule is NC(=O)C1=CN(CC(F)C(F)F)NN1. The number of nitrogens with one attached hydrogen (secondary N) is 2. The van der Waals surface area contributed by atoms with Gasteiger partial charge in [0.25, 0.3) is 12.3 Å². The number of nitrogens with two attached hydrogens (primary N) is 1. The molecule has 0 aromatic rings. The van der Waals surface area contributed by atoms with Crippen LogP contribution in [0.5, 0.6) is 0 Å². The molecule has 1 heterocycles. The van der Waals surface area contributed by atoms with Crippen molar-refractivity contribution in [2.24, 2.45) is 5.73 Å². The van der Waals surface area contributed by atoms with E-state index in [4.69, 9.17) is 5.73 Å². The maximum atomic E-state index is 12.5. The standard InChI is InChI=1S/C6H9F3N4O/c7-3(5(8)9)1-13-2-4(6(10)14)11-12-13/h2-3,5,11-12H,1H2,(H2,10,14). The van der Waals surface area contributed by atoms with Crippen LogP contribution in [0, 0.1) is 0 Å². The number of carbonyl (C=O) groups is 1. The molecule has 8 heteroatoms. The van der Waals surface area contributed by atoms with Gasteiger partial charge in [0.15, 0.2) is 6.17 Å². The van der Waals surface area contributed by atoms with Crippen LogP contribution in [0.15, 0.2) is 11.9 Å². The Kier molecular flexibility index (Phi) is 3.18. The van der Waals surface area contributed by atoms with E-state index >= 15 is 0 Å². The number of alkyl halides is 3. The van der Waals surface area contributed by atoms with Crippen molar-refractivity contribution < 1.29 is 18.0 Å². The molecule has 0 aliphatic carbocycles.